The molecule has 3 N–H and O–H groups in total. The molecule has 3 rings (SSSR count). The maximum Gasteiger partial charge on any atom is 0.320 e. The summed E-state index contributed by atoms with van der Waals surface area (Å²) in [4.78, 5) is 10.1. The second-order valence-corrected chi connectivity index (χ2v) is 4.78. The molecular weight excluding hydrogens is 254 g/mol. The molecule has 0 saturated carbocycles. The third-order valence-electron chi connectivity index (χ3n) is 3.41. The Morgan fingerprint density at radius 3 is 2.55 bits per heavy atom. The SMILES string of the molecule is O=C(O)C1CCCN1.OCc1cccc2ccccc12. The van der Waals surface area contributed by atoms with Gasteiger partial charge in [0.05, 0.1) is 6.61 Å². The van der Waals surface area contributed by atoms with Gasteiger partial charge in [0.1, 0.15) is 6.04 Å². The van der Waals surface area contributed by atoms with Gasteiger partial charge in [-0.25, -0.2) is 0 Å². The molecule has 0 spiro atoms. The Kier molecular flexibility index (Phi) is 5.09. The van der Waals surface area contributed by atoms with E-state index in [-0.39, 0.29) is 12.6 Å². The van der Waals surface area contributed by atoms with E-state index in [0.29, 0.717) is 0 Å². The number of aliphatic hydroxyl groups is 1. The van der Waals surface area contributed by atoms with E-state index in [0.717, 1.165) is 30.3 Å². The lowest BCUT2D eigenvalue weighted by atomic mass is 10.1. The Balaban J connectivity index is 0.000000160. The number of fused-ring (bicyclic) bond motifs is 1. The molecule has 1 atom stereocenters. The molecule has 1 aliphatic rings. The lowest BCUT2D eigenvalue weighted by Gasteiger charge is -2.01. The molecule has 0 bridgehead atoms. The summed E-state index contributed by atoms with van der Waals surface area (Å²) in [5.41, 5.74) is 0.994. The van der Waals surface area contributed by atoms with Gasteiger partial charge >= 0.3 is 5.97 Å². The fourth-order valence-corrected chi connectivity index (χ4v) is 2.33. The maximum atomic E-state index is 10.1. The van der Waals surface area contributed by atoms with Crippen LogP contribution in [0.25, 0.3) is 10.8 Å². The molecule has 1 saturated heterocycles. The maximum absolute atomic E-state index is 10.1. The Labute approximate surface area is 118 Å². The van der Waals surface area contributed by atoms with E-state index in [1.807, 2.05) is 30.3 Å². The molecule has 1 aliphatic heterocycles. The number of nitrogens with one attached hydrogen (secondary N) is 1. The van der Waals surface area contributed by atoms with Crippen LogP contribution in [0.2, 0.25) is 0 Å². The molecule has 0 amide bonds. The fraction of sp³-hybridized carbons (Fsp3) is 0.312. The minimum Gasteiger partial charge on any atom is -0.480 e. The number of aliphatic carboxylic acids is 1. The average Bonchev–Trinajstić information content (AvgIpc) is 3.02. The van der Waals surface area contributed by atoms with Crippen LogP contribution >= 0.6 is 0 Å². The van der Waals surface area contributed by atoms with Crippen LogP contribution in [-0.2, 0) is 11.4 Å². The Morgan fingerprint density at radius 2 is 1.95 bits per heavy atom. The second-order valence-electron chi connectivity index (χ2n) is 4.78. The summed E-state index contributed by atoms with van der Waals surface area (Å²) in [6.45, 7) is 0.971. The van der Waals surface area contributed by atoms with E-state index in [4.69, 9.17) is 10.2 Å². The quantitative estimate of drug-likeness (QED) is 0.784. The summed E-state index contributed by atoms with van der Waals surface area (Å²) < 4.78 is 0. The Bertz CT molecular complexity index is 571. The number of carbonyl (C=O) groups is 1. The molecular formula is C16H19NO3. The summed E-state index contributed by atoms with van der Waals surface area (Å²) >= 11 is 0. The van der Waals surface area contributed by atoms with Crippen molar-refractivity contribution in [3.8, 4) is 0 Å². The normalized spacial score (nSPS) is 17.6. The highest BCUT2D eigenvalue weighted by Gasteiger charge is 2.20. The van der Waals surface area contributed by atoms with Crippen LogP contribution in [0.5, 0.6) is 0 Å². The molecule has 1 unspecified atom stereocenters. The number of rotatable bonds is 2. The van der Waals surface area contributed by atoms with Gasteiger partial charge < -0.3 is 15.5 Å². The highest BCUT2D eigenvalue weighted by Crippen LogP contribution is 2.17. The summed E-state index contributed by atoms with van der Waals surface area (Å²) in [6.07, 6.45) is 1.78. The summed E-state index contributed by atoms with van der Waals surface area (Å²) in [5.74, 6) is -0.720. The van der Waals surface area contributed by atoms with Crippen LogP contribution < -0.4 is 5.32 Å². The van der Waals surface area contributed by atoms with Crippen LogP contribution in [0.1, 0.15) is 18.4 Å². The first-order valence-electron chi connectivity index (χ1n) is 6.76. The zero-order chi connectivity index (χ0) is 14.4. The van der Waals surface area contributed by atoms with Crippen molar-refractivity contribution >= 4 is 16.7 Å². The van der Waals surface area contributed by atoms with E-state index in [1.54, 1.807) is 0 Å². The van der Waals surface area contributed by atoms with Gasteiger partial charge in [-0.15, -0.1) is 0 Å². The largest absolute Gasteiger partial charge is 0.480 e. The van der Waals surface area contributed by atoms with E-state index in [2.05, 4.69) is 17.4 Å². The molecule has 2 aromatic rings. The minimum absolute atomic E-state index is 0.112. The molecule has 0 radical (unpaired) electrons. The van der Waals surface area contributed by atoms with Crippen LogP contribution in [-0.4, -0.2) is 28.8 Å². The second kappa shape index (κ2) is 7.03. The first-order valence-corrected chi connectivity index (χ1v) is 6.76. The third kappa shape index (κ3) is 3.56. The van der Waals surface area contributed by atoms with Crippen molar-refractivity contribution in [2.75, 3.05) is 6.54 Å². The highest BCUT2D eigenvalue weighted by atomic mass is 16.4. The van der Waals surface area contributed by atoms with Gasteiger partial charge in [0, 0.05) is 0 Å². The standard InChI is InChI=1S/C11H10O.C5H9NO2/c12-8-10-6-3-5-9-4-1-2-7-11(9)10;7-5(8)4-2-1-3-6-4/h1-7,12H,8H2;4,6H,1-3H2,(H,7,8). The van der Waals surface area contributed by atoms with Crippen molar-refractivity contribution in [3.63, 3.8) is 0 Å². The third-order valence-corrected chi connectivity index (χ3v) is 3.41. The first-order chi connectivity index (χ1) is 9.72. The van der Waals surface area contributed by atoms with Gasteiger partial charge in [0.25, 0.3) is 0 Å². The smallest absolute Gasteiger partial charge is 0.320 e. The number of benzene rings is 2. The lowest BCUT2D eigenvalue weighted by Crippen LogP contribution is -2.29. The number of carboxylic acids is 1. The van der Waals surface area contributed by atoms with E-state index < -0.39 is 5.97 Å². The van der Waals surface area contributed by atoms with Crippen molar-refractivity contribution in [2.45, 2.75) is 25.5 Å². The number of aliphatic hydroxyl groups excluding tert-OH is 1. The summed E-state index contributed by atoms with van der Waals surface area (Å²) in [5, 5.41) is 22.6. The average molecular weight is 273 g/mol. The van der Waals surface area contributed by atoms with Crippen molar-refractivity contribution < 1.29 is 15.0 Å². The molecule has 0 aromatic heterocycles. The zero-order valence-electron chi connectivity index (χ0n) is 11.2. The number of hydrogen-bond donors (Lipinski definition) is 3. The summed E-state index contributed by atoms with van der Waals surface area (Å²) in [7, 11) is 0. The fourth-order valence-electron chi connectivity index (χ4n) is 2.33. The monoisotopic (exact) mass is 273 g/mol. The van der Waals surface area contributed by atoms with Gasteiger partial charge in [0.15, 0.2) is 0 Å². The van der Waals surface area contributed by atoms with Crippen LogP contribution in [0.3, 0.4) is 0 Å². The highest BCUT2D eigenvalue weighted by molar-refractivity contribution is 5.85. The number of hydrogen-bond acceptors (Lipinski definition) is 3. The van der Waals surface area contributed by atoms with Gasteiger partial charge in [-0.3, -0.25) is 4.79 Å². The van der Waals surface area contributed by atoms with Crippen molar-refractivity contribution in [1.82, 2.24) is 5.32 Å². The molecule has 1 fully saturated rings. The van der Waals surface area contributed by atoms with Crippen molar-refractivity contribution in [1.29, 1.82) is 0 Å². The van der Waals surface area contributed by atoms with Gasteiger partial charge in [-0.1, -0.05) is 42.5 Å². The molecule has 4 heteroatoms. The van der Waals surface area contributed by atoms with Gasteiger partial charge in [0.2, 0.25) is 0 Å². The van der Waals surface area contributed by atoms with Gasteiger partial charge in [-0.05, 0) is 35.7 Å². The molecule has 2 aromatic carbocycles. The number of carboxylic acid groups (broad SMARTS) is 1. The Hall–Kier alpha value is -1.91. The van der Waals surface area contributed by atoms with Gasteiger partial charge in [-0.2, -0.15) is 0 Å². The molecule has 4 nitrogen and oxygen atoms in total. The van der Waals surface area contributed by atoms with Crippen LogP contribution in [0.15, 0.2) is 42.5 Å². The van der Waals surface area contributed by atoms with Crippen LogP contribution in [0.4, 0.5) is 0 Å². The predicted octanol–water partition coefficient (Wildman–Crippen LogP) is 2.16. The zero-order valence-corrected chi connectivity index (χ0v) is 11.2. The molecule has 106 valence electrons. The molecule has 0 aliphatic carbocycles. The molecule has 20 heavy (non-hydrogen) atoms. The van der Waals surface area contributed by atoms with E-state index in [1.165, 1.54) is 5.39 Å². The molecule has 1 heterocycles. The minimum atomic E-state index is -0.720. The lowest BCUT2D eigenvalue weighted by molar-refractivity contribution is -0.139. The van der Waals surface area contributed by atoms with E-state index >= 15 is 0 Å². The first kappa shape index (κ1) is 14.5. The predicted molar refractivity (Wildman–Crippen MR) is 78.5 cm³/mol. The van der Waals surface area contributed by atoms with Crippen molar-refractivity contribution in [2.24, 2.45) is 0 Å². The Morgan fingerprint density at radius 1 is 1.20 bits per heavy atom. The van der Waals surface area contributed by atoms with E-state index in [9.17, 15) is 4.79 Å². The van der Waals surface area contributed by atoms with Crippen molar-refractivity contribution in [3.05, 3.63) is 48.0 Å². The van der Waals surface area contributed by atoms with Crippen LogP contribution in [0, 0.1) is 0 Å². The topological polar surface area (TPSA) is 69.6 Å². The summed E-state index contributed by atoms with van der Waals surface area (Å²) in [6, 6.07) is 13.8.